The van der Waals surface area contributed by atoms with Crippen LogP contribution in [0.5, 0.6) is 0 Å². The molecule has 0 unspecified atom stereocenters. The van der Waals surface area contributed by atoms with E-state index in [-0.39, 0.29) is 5.92 Å². The molecule has 0 bridgehead atoms. The molecule has 2 aromatic heterocycles. The molecule has 3 aliphatic rings. The summed E-state index contributed by atoms with van der Waals surface area (Å²) < 4.78 is 17.0. The smallest absolute Gasteiger partial charge is 0.226 e. The molecule has 214 valence electrons. The lowest BCUT2D eigenvalue weighted by Crippen LogP contribution is -2.45. The number of carbonyl (C=O) groups is 1. The fraction of sp³-hybridized carbons (Fsp3) is 0.613. The first kappa shape index (κ1) is 27.1. The summed E-state index contributed by atoms with van der Waals surface area (Å²) in [6, 6.07) is 8.25. The first-order valence-electron chi connectivity index (χ1n) is 15.0. The van der Waals surface area contributed by atoms with E-state index in [9.17, 15) is 4.79 Å². The molecule has 9 nitrogen and oxygen atoms in total. The SMILES string of the molecule is Cc1cccc(-c2nc(CN3CCC(C(=O)N4CCC(Cc5nc(C6CCOCC6)no5)CC4)CC3)c(C)o2)c1. The van der Waals surface area contributed by atoms with Crippen LogP contribution in [0.25, 0.3) is 11.5 Å². The lowest BCUT2D eigenvalue weighted by molar-refractivity contribution is -0.138. The van der Waals surface area contributed by atoms with Gasteiger partial charge in [0.1, 0.15) is 5.76 Å². The van der Waals surface area contributed by atoms with Crippen molar-refractivity contribution in [3.63, 3.8) is 0 Å². The molecule has 3 aliphatic heterocycles. The Bertz CT molecular complexity index is 1280. The van der Waals surface area contributed by atoms with Gasteiger partial charge in [0.05, 0.1) is 5.69 Å². The standard InChI is InChI=1S/C31H41N5O4/c1-21-4-3-5-26(18-21)30-32-27(22(2)39-30)20-35-12-8-25(9-13-35)31(37)36-14-6-23(7-15-36)19-28-33-29(34-40-28)24-10-16-38-17-11-24/h3-5,18,23-25H,6-17,19-20H2,1-2H3. The minimum atomic E-state index is 0.118. The van der Waals surface area contributed by atoms with E-state index in [0.717, 1.165) is 120 Å². The summed E-state index contributed by atoms with van der Waals surface area (Å²) in [4.78, 5) is 27.3. The normalized spacial score (nSPS) is 20.3. The van der Waals surface area contributed by atoms with Crippen molar-refractivity contribution in [3.8, 4) is 11.5 Å². The van der Waals surface area contributed by atoms with Crippen LogP contribution in [-0.2, 0) is 22.5 Å². The lowest BCUT2D eigenvalue weighted by Gasteiger charge is -2.37. The summed E-state index contributed by atoms with van der Waals surface area (Å²) >= 11 is 0. The number of aromatic nitrogens is 3. The second-order valence-electron chi connectivity index (χ2n) is 11.8. The minimum Gasteiger partial charge on any atom is -0.441 e. The third-order valence-corrected chi connectivity index (χ3v) is 8.93. The van der Waals surface area contributed by atoms with Crippen LogP contribution < -0.4 is 0 Å². The van der Waals surface area contributed by atoms with Crippen molar-refractivity contribution in [2.24, 2.45) is 11.8 Å². The number of amides is 1. The Kier molecular flexibility index (Phi) is 8.30. The molecule has 40 heavy (non-hydrogen) atoms. The molecule has 3 aromatic rings. The molecule has 0 radical (unpaired) electrons. The minimum absolute atomic E-state index is 0.118. The lowest BCUT2D eigenvalue weighted by atomic mass is 9.90. The van der Waals surface area contributed by atoms with Gasteiger partial charge in [0.25, 0.3) is 0 Å². The summed E-state index contributed by atoms with van der Waals surface area (Å²) in [6.45, 7) is 9.84. The van der Waals surface area contributed by atoms with Gasteiger partial charge in [-0.2, -0.15) is 4.98 Å². The fourth-order valence-electron chi connectivity index (χ4n) is 6.36. The molecule has 1 amide bonds. The Hall–Kier alpha value is -3.04. The monoisotopic (exact) mass is 547 g/mol. The van der Waals surface area contributed by atoms with Gasteiger partial charge in [0, 0.05) is 56.7 Å². The molecule has 3 fully saturated rings. The molecule has 0 atom stereocenters. The van der Waals surface area contributed by atoms with Gasteiger partial charge >= 0.3 is 0 Å². The number of carbonyl (C=O) groups excluding carboxylic acids is 1. The van der Waals surface area contributed by atoms with Gasteiger partial charge in [0.15, 0.2) is 5.82 Å². The fourth-order valence-corrected chi connectivity index (χ4v) is 6.36. The first-order valence-corrected chi connectivity index (χ1v) is 15.0. The van der Waals surface area contributed by atoms with Crippen molar-refractivity contribution >= 4 is 5.91 Å². The van der Waals surface area contributed by atoms with Crippen molar-refractivity contribution in [3.05, 3.63) is 53.0 Å². The number of hydrogen-bond acceptors (Lipinski definition) is 8. The number of hydrogen-bond donors (Lipinski definition) is 0. The van der Waals surface area contributed by atoms with Gasteiger partial charge in [-0.25, -0.2) is 4.98 Å². The zero-order valence-corrected chi connectivity index (χ0v) is 23.8. The Morgan fingerprint density at radius 2 is 1.75 bits per heavy atom. The average Bonchev–Trinajstić information content (AvgIpc) is 3.60. The third-order valence-electron chi connectivity index (χ3n) is 8.93. The largest absolute Gasteiger partial charge is 0.441 e. The van der Waals surface area contributed by atoms with Crippen LogP contribution in [0.3, 0.4) is 0 Å². The van der Waals surface area contributed by atoms with E-state index in [1.54, 1.807) is 0 Å². The first-order chi connectivity index (χ1) is 19.5. The molecule has 6 rings (SSSR count). The van der Waals surface area contributed by atoms with Crippen molar-refractivity contribution in [2.75, 3.05) is 39.4 Å². The zero-order valence-electron chi connectivity index (χ0n) is 23.8. The van der Waals surface area contributed by atoms with E-state index in [0.29, 0.717) is 23.6 Å². The Morgan fingerprint density at radius 1 is 0.975 bits per heavy atom. The predicted molar refractivity (Wildman–Crippen MR) is 150 cm³/mol. The molecule has 0 aliphatic carbocycles. The topological polar surface area (TPSA) is 97.7 Å². The van der Waals surface area contributed by atoms with Crippen LogP contribution in [-0.4, -0.2) is 70.2 Å². The van der Waals surface area contributed by atoms with E-state index in [1.807, 2.05) is 19.1 Å². The van der Waals surface area contributed by atoms with Crippen LogP contribution in [0.4, 0.5) is 0 Å². The van der Waals surface area contributed by atoms with Crippen LogP contribution in [0.15, 0.2) is 33.2 Å². The maximum absolute atomic E-state index is 13.3. The van der Waals surface area contributed by atoms with Crippen LogP contribution >= 0.6 is 0 Å². The number of likely N-dealkylation sites (tertiary alicyclic amines) is 2. The highest BCUT2D eigenvalue weighted by Gasteiger charge is 2.32. The highest BCUT2D eigenvalue weighted by molar-refractivity contribution is 5.79. The van der Waals surface area contributed by atoms with Gasteiger partial charge in [0.2, 0.25) is 17.7 Å². The second kappa shape index (κ2) is 12.2. The highest BCUT2D eigenvalue weighted by Crippen LogP contribution is 2.29. The highest BCUT2D eigenvalue weighted by atomic mass is 16.5. The molecular weight excluding hydrogens is 506 g/mol. The number of oxazole rings is 1. The Balaban J connectivity index is 0.946. The van der Waals surface area contributed by atoms with Crippen molar-refractivity contribution in [2.45, 2.75) is 71.3 Å². The number of rotatable bonds is 7. The Morgan fingerprint density at radius 3 is 2.50 bits per heavy atom. The van der Waals surface area contributed by atoms with Crippen LogP contribution in [0, 0.1) is 25.7 Å². The van der Waals surface area contributed by atoms with Crippen LogP contribution in [0.2, 0.25) is 0 Å². The van der Waals surface area contributed by atoms with E-state index in [2.05, 4.69) is 39.0 Å². The van der Waals surface area contributed by atoms with Crippen molar-refractivity contribution in [1.82, 2.24) is 24.9 Å². The summed E-state index contributed by atoms with van der Waals surface area (Å²) in [5.74, 6) is 4.43. The summed E-state index contributed by atoms with van der Waals surface area (Å²) in [6.07, 6.45) is 6.53. The second-order valence-corrected chi connectivity index (χ2v) is 11.8. The average molecular weight is 548 g/mol. The maximum atomic E-state index is 13.3. The van der Waals surface area contributed by atoms with E-state index in [4.69, 9.17) is 18.7 Å². The summed E-state index contributed by atoms with van der Waals surface area (Å²) in [5, 5.41) is 4.25. The van der Waals surface area contributed by atoms with E-state index in [1.165, 1.54) is 5.56 Å². The number of benzene rings is 1. The molecular formula is C31H41N5O4. The molecule has 0 N–H and O–H groups in total. The van der Waals surface area contributed by atoms with Gasteiger partial charge < -0.3 is 18.6 Å². The molecule has 0 spiro atoms. The van der Waals surface area contributed by atoms with Crippen LogP contribution in [0.1, 0.15) is 73.2 Å². The van der Waals surface area contributed by atoms with Crippen molar-refractivity contribution in [1.29, 1.82) is 0 Å². The number of ether oxygens (including phenoxy) is 1. The van der Waals surface area contributed by atoms with Gasteiger partial charge in [-0.1, -0.05) is 22.9 Å². The Labute approximate surface area is 236 Å². The maximum Gasteiger partial charge on any atom is 0.226 e. The van der Waals surface area contributed by atoms with E-state index < -0.39 is 0 Å². The quantitative estimate of drug-likeness (QED) is 0.411. The van der Waals surface area contributed by atoms with Gasteiger partial charge in [-0.15, -0.1) is 0 Å². The van der Waals surface area contributed by atoms with Gasteiger partial charge in [-0.3, -0.25) is 9.69 Å². The predicted octanol–water partition coefficient (Wildman–Crippen LogP) is 4.93. The molecule has 3 saturated heterocycles. The number of nitrogens with zero attached hydrogens (tertiary/aromatic N) is 5. The summed E-state index contributed by atoms with van der Waals surface area (Å²) in [7, 11) is 0. The zero-order chi connectivity index (χ0) is 27.5. The molecule has 0 saturated carbocycles. The third kappa shape index (κ3) is 6.31. The van der Waals surface area contributed by atoms with E-state index >= 15 is 0 Å². The number of aryl methyl sites for hydroxylation is 2. The molecule has 5 heterocycles. The van der Waals surface area contributed by atoms with Gasteiger partial charge in [-0.05, 0) is 83.5 Å². The number of piperidine rings is 2. The van der Waals surface area contributed by atoms with Crippen molar-refractivity contribution < 1.29 is 18.5 Å². The molecule has 9 heteroatoms. The molecule has 1 aromatic carbocycles. The summed E-state index contributed by atoms with van der Waals surface area (Å²) in [5.41, 5.74) is 3.20.